The zero-order valence-electron chi connectivity index (χ0n) is 15.0. The summed E-state index contributed by atoms with van der Waals surface area (Å²) in [5.41, 5.74) is 1.57. The molecular weight excluding hydrogens is 350 g/mol. The molecule has 2 heterocycles. The molecule has 3 rings (SSSR count). The Bertz CT molecular complexity index is 802. The van der Waals surface area contributed by atoms with Crippen molar-refractivity contribution < 1.29 is 18.7 Å². The Morgan fingerprint density at radius 1 is 1.27 bits per heavy atom. The first-order chi connectivity index (χ1) is 12.5. The summed E-state index contributed by atoms with van der Waals surface area (Å²) >= 11 is 1.49. The summed E-state index contributed by atoms with van der Waals surface area (Å²) in [6.45, 7) is 3.65. The topological polar surface area (TPSA) is 68.5 Å². The number of hydrogen-bond acceptors (Lipinski definition) is 5. The fourth-order valence-electron chi connectivity index (χ4n) is 3.02. The highest BCUT2D eigenvalue weighted by Crippen LogP contribution is 2.38. The number of carbonyl (C=O) groups is 2. The molecule has 2 aromatic heterocycles. The van der Waals surface area contributed by atoms with Gasteiger partial charge in [0.15, 0.2) is 0 Å². The summed E-state index contributed by atoms with van der Waals surface area (Å²) in [5, 5.41) is 3.44. The molecule has 1 aliphatic carbocycles. The fraction of sp³-hybridized carbons (Fsp3) is 0.400. The first-order valence-electron chi connectivity index (χ1n) is 8.92. The van der Waals surface area contributed by atoms with Crippen LogP contribution in [-0.4, -0.2) is 18.0 Å². The van der Waals surface area contributed by atoms with Crippen molar-refractivity contribution in [1.29, 1.82) is 0 Å². The predicted molar refractivity (Wildman–Crippen MR) is 103 cm³/mol. The minimum atomic E-state index is -0.357. The minimum absolute atomic E-state index is 0.203. The summed E-state index contributed by atoms with van der Waals surface area (Å²) < 4.78 is 10.6. The van der Waals surface area contributed by atoms with Gasteiger partial charge in [0.1, 0.15) is 10.8 Å². The lowest BCUT2D eigenvalue weighted by Crippen LogP contribution is -2.16. The van der Waals surface area contributed by atoms with Crippen LogP contribution in [0, 0.1) is 0 Å². The van der Waals surface area contributed by atoms with Crippen molar-refractivity contribution in [2.24, 2.45) is 0 Å². The first-order valence-corrected chi connectivity index (χ1v) is 9.74. The van der Waals surface area contributed by atoms with E-state index >= 15 is 0 Å². The maximum atomic E-state index is 12.6. The Balaban J connectivity index is 1.85. The zero-order chi connectivity index (χ0) is 18.5. The molecule has 1 amide bonds. The van der Waals surface area contributed by atoms with Crippen LogP contribution in [0.2, 0.25) is 0 Å². The van der Waals surface area contributed by atoms with Crippen molar-refractivity contribution in [3.05, 3.63) is 46.2 Å². The van der Waals surface area contributed by atoms with Crippen LogP contribution in [-0.2, 0) is 22.4 Å². The van der Waals surface area contributed by atoms with Crippen LogP contribution in [0.1, 0.15) is 59.7 Å². The second kappa shape index (κ2) is 8.36. The van der Waals surface area contributed by atoms with Gasteiger partial charge in [-0.3, -0.25) is 4.79 Å². The van der Waals surface area contributed by atoms with Gasteiger partial charge in [-0.1, -0.05) is 6.42 Å². The average molecular weight is 373 g/mol. The SMILES string of the molecule is CC(C)OC(=O)c1c(NC(=O)/C=C/c2ccco2)sc2c1CCCCC2. The van der Waals surface area contributed by atoms with Crippen LogP contribution >= 0.6 is 11.3 Å². The molecule has 0 bridgehead atoms. The van der Waals surface area contributed by atoms with E-state index in [1.165, 1.54) is 22.3 Å². The van der Waals surface area contributed by atoms with E-state index in [9.17, 15) is 9.59 Å². The largest absolute Gasteiger partial charge is 0.465 e. The predicted octanol–water partition coefficient (Wildman–Crippen LogP) is 4.83. The third-order valence-corrected chi connectivity index (χ3v) is 5.35. The zero-order valence-corrected chi connectivity index (χ0v) is 15.9. The third-order valence-electron chi connectivity index (χ3n) is 4.15. The van der Waals surface area contributed by atoms with Gasteiger partial charge in [0.25, 0.3) is 0 Å². The minimum Gasteiger partial charge on any atom is -0.465 e. The van der Waals surface area contributed by atoms with Crippen LogP contribution in [0.4, 0.5) is 5.00 Å². The van der Waals surface area contributed by atoms with E-state index in [1.807, 2.05) is 13.8 Å². The number of anilines is 1. The first kappa shape index (κ1) is 18.5. The molecule has 0 radical (unpaired) electrons. The number of fused-ring (bicyclic) bond motifs is 1. The highest BCUT2D eigenvalue weighted by atomic mass is 32.1. The molecule has 138 valence electrons. The van der Waals surface area contributed by atoms with Gasteiger partial charge >= 0.3 is 5.97 Å². The van der Waals surface area contributed by atoms with E-state index in [4.69, 9.17) is 9.15 Å². The molecule has 2 aromatic rings. The number of thiophene rings is 1. The number of aryl methyl sites for hydroxylation is 1. The average Bonchev–Trinajstić information content (AvgIpc) is 3.15. The molecule has 0 atom stereocenters. The van der Waals surface area contributed by atoms with Gasteiger partial charge in [0, 0.05) is 11.0 Å². The number of esters is 1. The van der Waals surface area contributed by atoms with Crippen molar-refractivity contribution in [2.75, 3.05) is 5.32 Å². The van der Waals surface area contributed by atoms with Crippen molar-refractivity contribution in [3.8, 4) is 0 Å². The van der Waals surface area contributed by atoms with E-state index in [0.717, 1.165) is 37.7 Å². The van der Waals surface area contributed by atoms with Crippen LogP contribution in [0.5, 0.6) is 0 Å². The summed E-state index contributed by atoms with van der Waals surface area (Å²) in [5.74, 6) is -0.0531. The number of ether oxygens (including phenoxy) is 1. The molecule has 0 spiro atoms. The smallest absolute Gasteiger partial charge is 0.341 e. The number of amides is 1. The molecule has 26 heavy (non-hydrogen) atoms. The lowest BCUT2D eigenvalue weighted by molar-refractivity contribution is -0.111. The van der Waals surface area contributed by atoms with Gasteiger partial charge in [-0.15, -0.1) is 11.3 Å². The van der Waals surface area contributed by atoms with Crippen molar-refractivity contribution in [1.82, 2.24) is 0 Å². The summed E-state index contributed by atoms with van der Waals surface area (Å²) in [6, 6.07) is 3.52. The molecule has 0 unspecified atom stereocenters. The van der Waals surface area contributed by atoms with E-state index < -0.39 is 0 Å². The van der Waals surface area contributed by atoms with Crippen molar-refractivity contribution in [2.45, 2.75) is 52.1 Å². The van der Waals surface area contributed by atoms with Gasteiger partial charge in [-0.2, -0.15) is 0 Å². The number of nitrogens with one attached hydrogen (secondary N) is 1. The molecule has 0 fully saturated rings. The molecular formula is C20H23NO4S. The molecule has 0 saturated carbocycles. The highest BCUT2D eigenvalue weighted by molar-refractivity contribution is 7.17. The lowest BCUT2D eigenvalue weighted by Gasteiger charge is -2.11. The van der Waals surface area contributed by atoms with E-state index in [2.05, 4.69) is 5.32 Å². The normalized spacial score (nSPS) is 14.3. The maximum absolute atomic E-state index is 12.6. The van der Waals surface area contributed by atoms with Crippen LogP contribution in [0.3, 0.4) is 0 Å². The number of carbonyl (C=O) groups excluding carboxylic acids is 2. The second-order valence-electron chi connectivity index (χ2n) is 6.56. The molecule has 0 saturated heterocycles. The van der Waals surface area contributed by atoms with Gasteiger partial charge < -0.3 is 14.5 Å². The van der Waals surface area contributed by atoms with Gasteiger partial charge in [0.2, 0.25) is 5.91 Å². The Hall–Kier alpha value is -2.34. The molecule has 0 aromatic carbocycles. The highest BCUT2D eigenvalue weighted by Gasteiger charge is 2.26. The van der Waals surface area contributed by atoms with Gasteiger partial charge in [-0.05, 0) is 63.3 Å². The Labute approximate surface area is 157 Å². The summed E-state index contributed by atoms with van der Waals surface area (Å²) in [4.78, 5) is 26.1. The quantitative estimate of drug-likeness (QED) is 0.463. The van der Waals surface area contributed by atoms with Crippen LogP contribution in [0.25, 0.3) is 6.08 Å². The van der Waals surface area contributed by atoms with Crippen molar-refractivity contribution >= 4 is 34.3 Å². The third kappa shape index (κ3) is 4.43. The molecule has 1 aliphatic rings. The van der Waals surface area contributed by atoms with E-state index in [1.54, 1.807) is 24.5 Å². The molecule has 0 aliphatic heterocycles. The van der Waals surface area contributed by atoms with Crippen molar-refractivity contribution in [3.63, 3.8) is 0 Å². The maximum Gasteiger partial charge on any atom is 0.341 e. The van der Waals surface area contributed by atoms with Gasteiger partial charge in [-0.25, -0.2) is 4.79 Å². The van der Waals surface area contributed by atoms with Crippen LogP contribution < -0.4 is 5.32 Å². The Morgan fingerprint density at radius 2 is 2.08 bits per heavy atom. The van der Waals surface area contributed by atoms with E-state index in [0.29, 0.717) is 16.3 Å². The fourth-order valence-corrected chi connectivity index (χ4v) is 4.30. The second-order valence-corrected chi connectivity index (χ2v) is 7.67. The summed E-state index contributed by atoms with van der Waals surface area (Å²) in [6.07, 6.45) is 9.47. The number of hydrogen-bond donors (Lipinski definition) is 1. The van der Waals surface area contributed by atoms with Crippen LogP contribution in [0.15, 0.2) is 28.9 Å². The number of rotatable bonds is 5. The molecule has 1 N–H and O–H groups in total. The standard InChI is InChI=1S/C20H23NO4S/c1-13(2)25-20(23)18-15-8-4-3-5-9-16(15)26-19(18)21-17(22)11-10-14-7-6-12-24-14/h6-7,10-13H,3-5,8-9H2,1-2H3,(H,21,22)/b11-10+. The Kier molecular flexibility index (Phi) is 5.93. The Morgan fingerprint density at radius 3 is 2.81 bits per heavy atom. The van der Waals surface area contributed by atoms with Gasteiger partial charge in [0.05, 0.1) is 17.9 Å². The molecule has 5 nitrogen and oxygen atoms in total. The molecule has 6 heteroatoms. The summed E-state index contributed by atoms with van der Waals surface area (Å²) in [7, 11) is 0. The monoisotopic (exact) mass is 373 g/mol. The van der Waals surface area contributed by atoms with E-state index in [-0.39, 0.29) is 18.0 Å². The number of furan rings is 1. The lowest BCUT2D eigenvalue weighted by atomic mass is 10.1.